The molecule has 0 saturated carbocycles. The number of aromatic nitrogens is 1. The van der Waals surface area contributed by atoms with Gasteiger partial charge in [-0.05, 0) is 36.1 Å². The average Bonchev–Trinajstić information content (AvgIpc) is 2.54. The fraction of sp³-hybridized carbons (Fsp3) is 0.118. The average molecular weight is 274 g/mol. The van der Waals surface area contributed by atoms with Crippen LogP contribution in [0.5, 0.6) is 0 Å². The molecule has 2 aromatic carbocycles. The monoisotopic (exact) mass is 274 g/mol. The van der Waals surface area contributed by atoms with Crippen LogP contribution >= 0.6 is 0 Å². The van der Waals surface area contributed by atoms with E-state index in [1.165, 1.54) is 0 Å². The Labute approximate surface area is 122 Å². The normalized spacial score (nSPS) is 10.3. The van der Waals surface area contributed by atoms with Crippen LogP contribution in [-0.2, 0) is 12.8 Å². The second-order valence-corrected chi connectivity index (χ2v) is 4.81. The molecule has 0 unspecified atom stereocenters. The molecule has 0 spiro atoms. The zero-order valence-electron chi connectivity index (χ0n) is 11.5. The lowest BCUT2D eigenvalue weighted by Crippen LogP contribution is -1.95. The van der Waals surface area contributed by atoms with Gasteiger partial charge in [0.15, 0.2) is 0 Å². The predicted molar refractivity (Wildman–Crippen MR) is 84.4 cm³/mol. The van der Waals surface area contributed by atoms with E-state index in [9.17, 15) is 0 Å². The smallest absolute Gasteiger partial charge is 0.0705 e. The number of rotatable bonds is 4. The van der Waals surface area contributed by atoms with E-state index in [4.69, 9.17) is 5.53 Å². The van der Waals surface area contributed by atoms with Gasteiger partial charge in [-0.15, -0.1) is 0 Å². The van der Waals surface area contributed by atoms with Gasteiger partial charge in [0.2, 0.25) is 0 Å². The van der Waals surface area contributed by atoms with Crippen molar-refractivity contribution >= 4 is 16.6 Å². The topological polar surface area (TPSA) is 61.7 Å². The third-order valence-corrected chi connectivity index (χ3v) is 3.45. The lowest BCUT2D eigenvalue weighted by atomic mass is 10.1. The van der Waals surface area contributed by atoms with Gasteiger partial charge >= 0.3 is 0 Å². The fourth-order valence-corrected chi connectivity index (χ4v) is 2.38. The minimum Gasteiger partial charge on any atom is -0.253 e. The Bertz CT molecular complexity index is 820. The first-order chi connectivity index (χ1) is 10.4. The van der Waals surface area contributed by atoms with Gasteiger partial charge in [-0.3, -0.25) is 4.98 Å². The van der Waals surface area contributed by atoms with Gasteiger partial charge in [0.25, 0.3) is 0 Å². The number of hydrogen-bond acceptors (Lipinski definition) is 2. The van der Waals surface area contributed by atoms with Crippen LogP contribution in [0.15, 0.2) is 65.8 Å². The second kappa shape index (κ2) is 6.07. The van der Waals surface area contributed by atoms with Gasteiger partial charge in [0, 0.05) is 21.7 Å². The SMILES string of the molecule is [N-]=[N+]=Nc1ccccc1CCc1ccc2ccccc2n1. The van der Waals surface area contributed by atoms with Crippen molar-refractivity contribution in [1.82, 2.24) is 4.98 Å². The molecule has 0 radical (unpaired) electrons. The number of nitrogens with zero attached hydrogens (tertiary/aromatic N) is 4. The number of para-hydroxylation sites is 1. The van der Waals surface area contributed by atoms with Crippen molar-refractivity contribution < 1.29 is 0 Å². The standard InChI is InChI=1S/C17H14N4/c18-21-20-17-8-4-2-6-14(17)10-12-15-11-9-13-5-1-3-7-16(13)19-15/h1-9,11H,10,12H2. The number of pyridine rings is 1. The molecule has 0 aliphatic rings. The van der Waals surface area contributed by atoms with E-state index in [0.29, 0.717) is 5.69 Å². The Morgan fingerprint density at radius 2 is 1.71 bits per heavy atom. The Kier molecular flexibility index (Phi) is 3.81. The van der Waals surface area contributed by atoms with E-state index in [1.807, 2.05) is 42.5 Å². The van der Waals surface area contributed by atoms with Gasteiger partial charge in [0.1, 0.15) is 0 Å². The summed E-state index contributed by atoms with van der Waals surface area (Å²) in [5.41, 5.74) is 12.4. The van der Waals surface area contributed by atoms with Crippen LogP contribution in [0.2, 0.25) is 0 Å². The quantitative estimate of drug-likeness (QED) is 0.376. The van der Waals surface area contributed by atoms with Crippen molar-refractivity contribution in [3.05, 3.63) is 82.4 Å². The molecule has 0 N–H and O–H groups in total. The molecular weight excluding hydrogens is 260 g/mol. The first kappa shape index (κ1) is 13.2. The largest absolute Gasteiger partial charge is 0.253 e. The molecule has 0 bridgehead atoms. The van der Waals surface area contributed by atoms with Crippen molar-refractivity contribution in [1.29, 1.82) is 0 Å². The summed E-state index contributed by atoms with van der Waals surface area (Å²) in [4.78, 5) is 7.53. The molecule has 0 atom stereocenters. The van der Waals surface area contributed by atoms with Crippen LogP contribution in [0.4, 0.5) is 5.69 Å². The Morgan fingerprint density at radius 1 is 0.905 bits per heavy atom. The van der Waals surface area contributed by atoms with Gasteiger partial charge in [-0.1, -0.05) is 53.6 Å². The molecule has 21 heavy (non-hydrogen) atoms. The summed E-state index contributed by atoms with van der Waals surface area (Å²) in [5.74, 6) is 0. The van der Waals surface area contributed by atoms with Crippen molar-refractivity contribution in [2.75, 3.05) is 0 Å². The molecule has 102 valence electrons. The summed E-state index contributed by atoms with van der Waals surface area (Å²) >= 11 is 0. The van der Waals surface area contributed by atoms with Crippen LogP contribution in [0.1, 0.15) is 11.3 Å². The number of benzene rings is 2. The molecule has 0 fully saturated rings. The van der Waals surface area contributed by atoms with Crippen LogP contribution in [0.25, 0.3) is 21.3 Å². The Balaban J connectivity index is 1.82. The van der Waals surface area contributed by atoms with Crippen LogP contribution < -0.4 is 0 Å². The maximum Gasteiger partial charge on any atom is 0.0705 e. The van der Waals surface area contributed by atoms with Gasteiger partial charge in [-0.2, -0.15) is 0 Å². The van der Waals surface area contributed by atoms with Crippen LogP contribution in [-0.4, -0.2) is 4.98 Å². The third kappa shape index (κ3) is 3.02. The first-order valence-electron chi connectivity index (χ1n) is 6.84. The predicted octanol–water partition coefficient (Wildman–Crippen LogP) is 4.96. The number of hydrogen-bond donors (Lipinski definition) is 0. The zero-order valence-corrected chi connectivity index (χ0v) is 11.5. The zero-order chi connectivity index (χ0) is 14.5. The third-order valence-electron chi connectivity index (χ3n) is 3.45. The van der Waals surface area contributed by atoms with E-state index in [0.717, 1.165) is 35.0 Å². The van der Waals surface area contributed by atoms with Crippen molar-refractivity contribution in [2.45, 2.75) is 12.8 Å². The molecule has 0 saturated heterocycles. The van der Waals surface area contributed by atoms with Gasteiger partial charge in [0.05, 0.1) is 5.52 Å². The molecule has 0 aliphatic heterocycles. The van der Waals surface area contributed by atoms with E-state index in [-0.39, 0.29) is 0 Å². The van der Waals surface area contributed by atoms with E-state index in [1.54, 1.807) is 0 Å². The molecular formula is C17H14N4. The Morgan fingerprint density at radius 3 is 2.62 bits per heavy atom. The Hall–Kier alpha value is -2.84. The summed E-state index contributed by atoms with van der Waals surface area (Å²) in [7, 11) is 0. The molecule has 3 rings (SSSR count). The lowest BCUT2D eigenvalue weighted by Gasteiger charge is -2.06. The van der Waals surface area contributed by atoms with E-state index in [2.05, 4.69) is 33.2 Å². The minimum absolute atomic E-state index is 0.695. The summed E-state index contributed by atoms with van der Waals surface area (Å²) < 4.78 is 0. The molecule has 1 heterocycles. The molecule has 0 aliphatic carbocycles. The summed E-state index contributed by atoms with van der Waals surface area (Å²) in [6.07, 6.45) is 1.63. The number of fused-ring (bicyclic) bond motifs is 1. The van der Waals surface area contributed by atoms with E-state index >= 15 is 0 Å². The molecule has 3 aromatic rings. The second-order valence-electron chi connectivity index (χ2n) is 4.81. The van der Waals surface area contributed by atoms with Crippen molar-refractivity contribution in [2.24, 2.45) is 5.11 Å². The molecule has 1 aromatic heterocycles. The van der Waals surface area contributed by atoms with Gasteiger partial charge in [-0.25, -0.2) is 0 Å². The highest BCUT2D eigenvalue weighted by Crippen LogP contribution is 2.21. The highest BCUT2D eigenvalue weighted by Gasteiger charge is 2.02. The first-order valence-corrected chi connectivity index (χ1v) is 6.84. The fourth-order valence-electron chi connectivity index (χ4n) is 2.38. The summed E-state index contributed by atoms with van der Waals surface area (Å²) in [6.45, 7) is 0. The number of azide groups is 1. The highest BCUT2D eigenvalue weighted by atomic mass is 15.1. The maximum absolute atomic E-state index is 8.59. The minimum atomic E-state index is 0.695. The maximum atomic E-state index is 8.59. The number of aryl methyl sites for hydroxylation is 2. The van der Waals surface area contributed by atoms with E-state index < -0.39 is 0 Å². The summed E-state index contributed by atoms with van der Waals surface area (Å²) in [5, 5.41) is 4.88. The summed E-state index contributed by atoms with van der Waals surface area (Å²) in [6, 6.07) is 19.9. The molecule has 0 amide bonds. The molecule has 4 nitrogen and oxygen atoms in total. The van der Waals surface area contributed by atoms with Crippen LogP contribution in [0, 0.1) is 0 Å². The van der Waals surface area contributed by atoms with Gasteiger partial charge < -0.3 is 0 Å². The molecule has 4 heteroatoms. The highest BCUT2D eigenvalue weighted by molar-refractivity contribution is 5.78. The van der Waals surface area contributed by atoms with Crippen molar-refractivity contribution in [3.8, 4) is 0 Å². The van der Waals surface area contributed by atoms with Crippen LogP contribution in [0.3, 0.4) is 0 Å². The van der Waals surface area contributed by atoms with Crippen molar-refractivity contribution in [3.63, 3.8) is 0 Å². The lowest BCUT2D eigenvalue weighted by molar-refractivity contribution is 0.922.